The van der Waals surface area contributed by atoms with Gasteiger partial charge in [-0.15, -0.1) is 0 Å². The highest BCUT2D eigenvalue weighted by molar-refractivity contribution is 5.80. The van der Waals surface area contributed by atoms with Crippen LogP contribution in [-0.2, 0) is 5.41 Å². The van der Waals surface area contributed by atoms with E-state index in [-0.39, 0.29) is 5.41 Å². The van der Waals surface area contributed by atoms with E-state index in [1.165, 1.54) is 0 Å². The lowest BCUT2D eigenvalue weighted by Gasteiger charge is -2.19. The van der Waals surface area contributed by atoms with Crippen molar-refractivity contribution in [3.05, 3.63) is 54.1 Å². The minimum Gasteiger partial charge on any atom is -0.266 e. The quantitative estimate of drug-likeness (QED) is 0.620. The van der Waals surface area contributed by atoms with Gasteiger partial charge < -0.3 is 0 Å². The SMILES string of the molecule is CC(C)(C)c1ccc(-c2nc3ccccc3n2C(F)F)cc1. The minimum absolute atomic E-state index is 0.0291. The fourth-order valence-corrected chi connectivity index (χ4v) is 2.56. The van der Waals surface area contributed by atoms with Crippen molar-refractivity contribution in [2.75, 3.05) is 0 Å². The number of nitrogens with zero attached hydrogens (tertiary/aromatic N) is 2. The Bertz CT molecular complexity index is 796. The first kappa shape index (κ1) is 14.7. The van der Waals surface area contributed by atoms with Crippen LogP contribution in [0.2, 0.25) is 0 Å². The summed E-state index contributed by atoms with van der Waals surface area (Å²) < 4.78 is 27.9. The Labute approximate surface area is 128 Å². The number of para-hydroxylation sites is 2. The third kappa shape index (κ3) is 2.49. The van der Waals surface area contributed by atoms with Crippen LogP contribution in [-0.4, -0.2) is 9.55 Å². The summed E-state index contributed by atoms with van der Waals surface area (Å²) >= 11 is 0. The number of aromatic nitrogens is 2. The van der Waals surface area contributed by atoms with E-state index in [2.05, 4.69) is 25.8 Å². The molecule has 3 rings (SSSR count). The highest BCUT2D eigenvalue weighted by Crippen LogP contribution is 2.31. The summed E-state index contributed by atoms with van der Waals surface area (Å²) in [6.45, 7) is 3.74. The Kier molecular flexibility index (Phi) is 3.47. The monoisotopic (exact) mass is 300 g/mol. The average molecular weight is 300 g/mol. The molecule has 0 saturated heterocycles. The van der Waals surface area contributed by atoms with E-state index in [9.17, 15) is 8.78 Å². The van der Waals surface area contributed by atoms with E-state index in [1.54, 1.807) is 24.3 Å². The van der Waals surface area contributed by atoms with Gasteiger partial charge in [0, 0.05) is 5.56 Å². The zero-order valence-corrected chi connectivity index (χ0v) is 12.8. The maximum absolute atomic E-state index is 13.5. The van der Waals surface area contributed by atoms with E-state index < -0.39 is 6.55 Å². The van der Waals surface area contributed by atoms with Crippen LogP contribution >= 0.6 is 0 Å². The van der Waals surface area contributed by atoms with E-state index in [0.29, 0.717) is 22.4 Å². The molecule has 0 fully saturated rings. The molecule has 0 spiro atoms. The number of alkyl halides is 2. The van der Waals surface area contributed by atoms with Crippen LogP contribution in [0.3, 0.4) is 0 Å². The molecule has 2 aromatic carbocycles. The van der Waals surface area contributed by atoms with Crippen molar-refractivity contribution in [3.63, 3.8) is 0 Å². The maximum atomic E-state index is 13.5. The number of hydrogen-bond acceptors (Lipinski definition) is 1. The zero-order chi connectivity index (χ0) is 15.9. The first-order valence-corrected chi connectivity index (χ1v) is 7.24. The van der Waals surface area contributed by atoms with Crippen molar-refractivity contribution in [3.8, 4) is 11.4 Å². The molecule has 22 heavy (non-hydrogen) atoms. The van der Waals surface area contributed by atoms with Gasteiger partial charge in [0.05, 0.1) is 11.0 Å². The summed E-state index contributed by atoms with van der Waals surface area (Å²) in [5.41, 5.74) is 2.92. The predicted molar refractivity (Wildman–Crippen MR) is 85.1 cm³/mol. The maximum Gasteiger partial charge on any atom is 0.320 e. The topological polar surface area (TPSA) is 17.8 Å². The molecule has 0 bridgehead atoms. The molecule has 0 atom stereocenters. The lowest BCUT2D eigenvalue weighted by molar-refractivity contribution is 0.0764. The van der Waals surface area contributed by atoms with Crippen LogP contribution in [0.4, 0.5) is 8.78 Å². The molecule has 0 N–H and O–H groups in total. The van der Waals surface area contributed by atoms with Gasteiger partial charge in [0.15, 0.2) is 0 Å². The summed E-state index contributed by atoms with van der Waals surface area (Å²) in [6, 6.07) is 14.6. The molecule has 0 saturated carbocycles. The Morgan fingerprint density at radius 2 is 1.59 bits per heavy atom. The van der Waals surface area contributed by atoms with Crippen LogP contribution in [0, 0.1) is 0 Å². The Balaban J connectivity index is 2.15. The van der Waals surface area contributed by atoms with Crippen LogP contribution < -0.4 is 0 Å². The van der Waals surface area contributed by atoms with Gasteiger partial charge >= 0.3 is 6.55 Å². The molecule has 2 nitrogen and oxygen atoms in total. The van der Waals surface area contributed by atoms with Crippen LogP contribution in [0.25, 0.3) is 22.4 Å². The van der Waals surface area contributed by atoms with Gasteiger partial charge in [0.25, 0.3) is 0 Å². The summed E-state index contributed by atoms with van der Waals surface area (Å²) in [4.78, 5) is 4.38. The highest BCUT2D eigenvalue weighted by Gasteiger charge is 2.19. The summed E-state index contributed by atoms with van der Waals surface area (Å²) in [6.07, 6.45) is 0. The second-order valence-electron chi connectivity index (χ2n) is 6.40. The van der Waals surface area contributed by atoms with Crippen molar-refractivity contribution in [2.45, 2.75) is 32.7 Å². The predicted octanol–water partition coefficient (Wildman–Crippen LogP) is 5.40. The number of imidazole rings is 1. The number of rotatable bonds is 2. The minimum atomic E-state index is -2.62. The van der Waals surface area contributed by atoms with E-state index in [0.717, 1.165) is 10.1 Å². The summed E-state index contributed by atoms with van der Waals surface area (Å²) in [5, 5.41) is 0. The molecule has 0 amide bonds. The van der Waals surface area contributed by atoms with Crippen molar-refractivity contribution in [1.29, 1.82) is 0 Å². The Morgan fingerprint density at radius 1 is 0.955 bits per heavy atom. The third-order valence-corrected chi connectivity index (χ3v) is 3.80. The second-order valence-corrected chi connectivity index (χ2v) is 6.40. The van der Waals surface area contributed by atoms with Gasteiger partial charge in [-0.25, -0.2) is 4.98 Å². The van der Waals surface area contributed by atoms with Crippen molar-refractivity contribution < 1.29 is 8.78 Å². The van der Waals surface area contributed by atoms with Crippen LogP contribution in [0.1, 0.15) is 32.9 Å². The molecule has 0 aliphatic rings. The molecular formula is C18H18F2N2. The van der Waals surface area contributed by atoms with E-state index in [1.807, 2.05) is 24.3 Å². The number of benzene rings is 2. The normalized spacial score (nSPS) is 12.3. The first-order valence-electron chi connectivity index (χ1n) is 7.24. The summed E-state index contributed by atoms with van der Waals surface area (Å²) in [7, 11) is 0. The van der Waals surface area contributed by atoms with Gasteiger partial charge in [-0.2, -0.15) is 8.78 Å². The lowest BCUT2D eigenvalue weighted by atomic mass is 9.87. The number of halogens is 2. The van der Waals surface area contributed by atoms with Gasteiger partial charge in [-0.3, -0.25) is 4.57 Å². The molecular weight excluding hydrogens is 282 g/mol. The lowest BCUT2D eigenvalue weighted by Crippen LogP contribution is -2.10. The zero-order valence-electron chi connectivity index (χ0n) is 12.8. The second kappa shape index (κ2) is 5.20. The fraction of sp³-hybridized carbons (Fsp3) is 0.278. The third-order valence-electron chi connectivity index (χ3n) is 3.80. The summed E-state index contributed by atoms with van der Waals surface area (Å²) in [5.74, 6) is 0.302. The standard InChI is InChI=1S/C18H18F2N2/c1-18(2,3)13-10-8-12(9-11-13)16-21-14-6-4-5-7-15(14)22(16)17(19)20/h4-11,17H,1-3H3. The molecule has 114 valence electrons. The van der Waals surface area contributed by atoms with Crippen LogP contribution in [0.5, 0.6) is 0 Å². The Hall–Kier alpha value is -2.23. The van der Waals surface area contributed by atoms with E-state index in [4.69, 9.17) is 0 Å². The van der Waals surface area contributed by atoms with Crippen molar-refractivity contribution in [2.24, 2.45) is 0 Å². The molecule has 3 aromatic rings. The largest absolute Gasteiger partial charge is 0.320 e. The van der Waals surface area contributed by atoms with Crippen LogP contribution in [0.15, 0.2) is 48.5 Å². The molecule has 0 unspecified atom stereocenters. The molecule has 4 heteroatoms. The van der Waals surface area contributed by atoms with Gasteiger partial charge in [-0.1, -0.05) is 57.2 Å². The Morgan fingerprint density at radius 3 is 2.18 bits per heavy atom. The number of hydrogen-bond donors (Lipinski definition) is 0. The molecule has 1 aromatic heterocycles. The highest BCUT2D eigenvalue weighted by atomic mass is 19.3. The fourth-order valence-electron chi connectivity index (χ4n) is 2.56. The molecule has 0 aliphatic heterocycles. The molecule has 1 heterocycles. The van der Waals surface area contributed by atoms with Gasteiger partial charge in [0.1, 0.15) is 5.82 Å². The van der Waals surface area contributed by atoms with Crippen molar-refractivity contribution >= 4 is 11.0 Å². The van der Waals surface area contributed by atoms with Crippen molar-refractivity contribution in [1.82, 2.24) is 9.55 Å². The number of fused-ring (bicyclic) bond motifs is 1. The molecule has 0 aliphatic carbocycles. The average Bonchev–Trinajstić information content (AvgIpc) is 2.86. The molecule has 0 radical (unpaired) electrons. The van der Waals surface area contributed by atoms with E-state index >= 15 is 0 Å². The first-order chi connectivity index (χ1) is 10.4. The smallest absolute Gasteiger partial charge is 0.266 e. The van der Waals surface area contributed by atoms with Gasteiger partial charge in [0.2, 0.25) is 0 Å². The van der Waals surface area contributed by atoms with Gasteiger partial charge in [-0.05, 0) is 23.1 Å².